The van der Waals surface area contributed by atoms with Crippen LogP contribution in [0.25, 0.3) is 0 Å². The van der Waals surface area contributed by atoms with Crippen molar-refractivity contribution < 1.29 is 59.0 Å². The van der Waals surface area contributed by atoms with Crippen LogP contribution in [0.3, 0.4) is 0 Å². The zero-order valence-electron chi connectivity index (χ0n) is 42.8. The molecule has 400 valence electrons. The summed E-state index contributed by atoms with van der Waals surface area (Å²) in [5, 5.41) is 74.7. The molecule has 0 radical (unpaired) electrons. The van der Waals surface area contributed by atoms with E-state index in [0.717, 1.165) is 64.2 Å². The maximum Gasteiger partial charge on any atom is 0.472 e. The van der Waals surface area contributed by atoms with Gasteiger partial charge in [0.1, 0.15) is 36.6 Å². The van der Waals surface area contributed by atoms with E-state index in [2.05, 4.69) is 43.5 Å². The highest BCUT2D eigenvalue weighted by Gasteiger charge is 2.51. The molecule has 0 aromatic rings. The zero-order chi connectivity index (χ0) is 50.1. The molecule has 8 unspecified atom stereocenters. The van der Waals surface area contributed by atoms with E-state index < -0.39 is 75.2 Å². The molecule has 0 aliphatic heterocycles. The van der Waals surface area contributed by atoms with E-state index in [-0.39, 0.29) is 6.42 Å². The summed E-state index contributed by atoms with van der Waals surface area (Å²) in [5.74, 6) is -0.605. The van der Waals surface area contributed by atoms with Crippen molar-refractivity contribution in [2.45, 2.75) is 293 Å². The summed E-state index contributed by atoms with van der Waals surface area (Å²) in [6.07, 6.45) is 38.0. The molecule has 1 aliphatic rings. The Morgan fingerprint density at radius 2 is 0.868 bits per heavy atom. The molecule has 0 saturated heterocycles. The highest BCUT2D eigenvalue weighted by atomic mass is 31.2. The Bertz CT molecular complexity index is 1300. The standard InChI is InChI=1S/C54H102NO12P/c1-3-5-7-9-11-13-15-17-19-21-23-24-25-27-29-31-33-35-37-39-41-45(56)43-48(58)55-46(44-66-68(64,65)67-54-52(62)50(60)49(59)51(61)53(54)63)47(57)42-40-38-36-34-32-30-28-26-22-20-18-16-14-12-10-8-6-4-2/h25,27,32,34,40,42,45-47,49-54,56-57,59-63H,3-24,26,28-31,33,35-39,41,43-44H2,1-2H3,(H,55,58)(H,64,65)/b27-25-,34-32+,42-40+. The Morgan fingerprint density at radius 1 is 0.515 bits per heavy atom. The number of rotatable bonds is 46. The first-order chi connectivity index (χ1) is 32.8. The quantitative estimate of drug-likeness (QED) is 0.0158. The molecule has 14 heteroatoms. The van der Waals surface area contributed by atoms with Gasteiger partial charge in [-0.1, -0.05) is 211 Å². The molecule has 1 fully saturated rings. The van der Waals surface area contributed by atoms with E-state index in [0.29, 0.717) is 12.8 Å². The van der Waals surface area contributed by atoms with Gasteiger partial charge in [-0.05, 0) is 57.8 Å². The van der Waals surface area contributed by atoms with Gasteiger partial charge in [0.15, 0.2) is 0 Å². The maximum atomic E-state index is 13.1. The van der Waals surface area contributed by atoms with Crippen LogP contribution in [0, 0.1) is 0 Å². The van der Waals surface area contributed by atoms with Gasteiger partial charge in [-0.15, -0.1) is 0 Å². The summed E-state index contributed by atoms with van der Waals surface area (Å²) in [5.41, 5.74) is 0. The van der Waals surface area contributed by atoms with Crippen LogP contribution in [0.15, 0.2) is 36.5 Å². The first kappa shape index (κ1) is 64.5. The number of aliphatic hydroxyl groups is 7. The van der Waals surface area contributed by atoms with Crippen molar-refractivity contribution in [1.29, 1.82) is 0 Å². The van der Waals surface area contributed by atoms with Crippen molar-refractivity contribution in [3.8, 4) is 0 Å². The second-order valence-corrected chi connectivity index (χ2v) is 21.0. The molecule has 1 saturated carbocycles. The van der Waals surface area contributed by atoms with Gasteiger partial charge >= 0.3 is 7.82 Å². The minimum absolute atomic E-state index is 0.257. The molecular formula is C54H102NO12P. The van der Waals surface area contributed by atoms with Crippen LogP contribution >= 0.6 is 7.82 Å². The van der Waals surface area contributed by atoms with Crippen LogP contribution in [0.5, 0.6) is 0 Å². The van der Waals surface area contributed by atoms with Gasteiger partial charge in [0.2, 0.25) is 5.91 Å². The zero-order valence-corrected chi connectivity index (χ0v) is 43.7. The lowest BCUT2D eigenvalue weighted by Gasteiger charge is -2.41. The fourth-order valence-corrected chi connectivity index (χ4v) is 9.69. The van der Waals surface area contributed by atoms with E-state index in [4.69, 9.17) is 9.05 Å². The van der Waals surface area contributed by atoms with Gasteiger partial charge in [-0.25, -0.2) is 4.57 Å². The molecule has 0 aromatic carbocycles. The number of phosphoric acid groups is 1. The largest absolute Gasteiger partial charge is 0.472 e. The third-order valence-corrected chi connectivity index (χ3v) is 14.2. The van der Waals surface area contributed by atoms with Gasteiger partial charge in [0.05, 0.1) is 31.3 Å². The fraction of sp³-hybridized carbons (Fsp3) is 0.870. The maximum absolute atomic E-state index is 13.1. The average Bonchev–Trinajstić information content (AvgIpc) is 3.31. The highest BCUT2D eigenvalue weighted by molar-refractivity contribution is 7.47. The van der Waals surface area contributed by atoms with Crippen molar-refractivity contribution in [3.63, 3.8) is 0 Å². The summed E-state index contributed by atoms with van der Waals surface area (Å²) in [6, 6.07) is -1.26. The van der Waals surface area contributed by atoms with Gasteiger partial charge < -0.3 is 46.0 Å². The van der Waals surface area contributed by atoms with Crippen LogP contribution in [0.2, 0.25) is 0 Å². The molecule has 1 aliphatic carbocycles. The van der Waals surface area contributed by atoms with Crippen LogP contribution in [0.1, 0.15) is 239 Å². The monoisotopic (exact) mass is 988 g/mol. The van der Waals surface area contributed by atoms with Gasteiger partial charge in [0, 0.05) is 0 Å². The number of amides is 1. The van der Waals surface area contributed by atoms with Gasteiger partial charge in [-0.2, -0.15) is 0 Å². The minimum atomic E-state index is -5.16. The average molecular weight is 988 g/mol. The molecular weight excluding hydrogens is 886 g/mol. The molecule has 0 spiro atoms. The van der Waals surface area contributed by atoms with Crippen LogP contribution in [0.4, 0.5) is 0 Å². The lowest BCUT2D eigenvalue weighted by atomic mass is 9.85. The summed E-state index contributed by atoms with van der Waals surface area (Å²) in [7, 11) is -5.16. The van der Waals surface area contributed by atoms with E-state index in [1.54, 1.807) is 6.08 Å². The SMILES string of the molecule is CCCCCCCCCCCCC/C=C\CCCCCCCC(O)CC(=O)NC(COP(=O)(O)OC1C(O)C(O)C(O)C(O)C1O)C(O)/C=C/CC/C=C/CCCCCCCCCCCCCC. The summed E-state index contributed by atoms with van der Waals surface area (Å²) in [6.45, 7) is 3.76. The molecule has 1 rings (SSSR count). The molecule has 0 heterocycles. The Labute approximate surface area is 413 Å². The van der Waals surface area contributed by atoms with Crippen LogP contribution in [-0.2, 0) is 18.4 Å². The Balaban J connectivity index is 2.47. The normalized spacial score (nSPS) is 22.3. The number of nitrogens with one attached hydrogen (secondary N) is 1. The smallest absolute Gasteiger partial charge is 0.393 e. The summed E-state index contributed by atoms with van der Waals surface area (Å²) >= 11 is 0. The van der Waals surface area contributed by atoms with E-state index in [9.17, 15) is 50.0 Å². The summed E-state index contributed by atoms with van der Waals surface area (Å²) in [4.78, 5) is 23.5. The van der Waals surface area contributed by atoms with Crippen molar-refractivity contribution in [2.75, 3.05) is 6.61 Å². The van der Waals surface area contributed by atoms with Crippen molar-refractivity contribution in [3.05, 3.63) is 36.5 Å². The van der Waals surface area contributed by atoms with Crippen molar-refractivity contribution >= 4 is 13.7 Å². The number of allylic oxidation sites excluding steroid dienone is 5. The molecule has 1 amide bonds. The predicted octanol–water partition coefficient (Wildman–Crippen LogP) is 10.9. The first-order valence-electron chi connectivity index (χ1n) is 27.5. The third-order valence-electron chi connectivity index (χ3n) is 13.2. The number of unbranched alkanes of at least 4 members (excludes halogenated alkanes) is 29. The number of hydrogen-bond acceptors (Lipinski definition) is 11. The van der Waals surface area contributed by atoms with E-state index in [1.807, 2.05) is 0 Å². The molecule has 0 bridgehead atoms. The Hall–Kier alpha value is -1.48. The Morgan fingerprint density at radius 3 is 1.29 bits per heavy atom. The molecule has 68 heavy (non-hydrogen) atoms. The highest BCUT2D eigenvalue weighted by Crippen LogP contribution is 2.47. The first-order valence-corrected chi connectivity index (χ1v) is 29.0. The predicted molar refractivity (Wildman–Crippen MR) is 275 cm³/mol. The molecule has 9 N–H and O–H groups in total. The van der Waals surface area contributed by atoms with Gasteiger partial charge in [-0.3, -0.25) is 13.8 Å². The number of carbonyl (C=O) groups is 1. The van der Waals surface area contributed by atoms with E-state index >= 15 is 0 Å². The van der Waals surface area contributed by atoms with Gasteiger partial charge in [0.25, 0.3) is 0 Å². The second-order valence-electron chi connectivity index (χ2n) is 19.6. The number of carbonyl (C=O) groups excluding carboxylic acids is 1. The third kappa shape index (κ3) is 34.0. The van der Waals surface area contributed by atoms with Crippen molar-refractivity contribution in [1.82, 2.24) is 5.32 Å². The van der Waals surface area contributed by atoms with Crippen LogP contribution < -0.4 is 5.32 Å². The Kier molecular flexibility index (Phi) is 40.9. The van der Waals surface area contributed by atoms with E-state index in [1.165, 1.54) is 147 Å². The van der Waals surface area contributed by atoms with Crippen LogP contribution in [-0.4, -0.2) is 108 Å². The number of hydrogen-bond donors (Lipinski definition) is 9. The molecule has 8 atom stereocenters. The topological polar surface area (TPSA) is 226 Å². The van der Waals surface area contributed by atoms with Crippen molar-refractivity contribution in [2.24, 2.45) is 0 Å². The fourth-order valence-electron chi connectivity index (χ4n) is 8.72. The second kappa shape index (κ2) is 43.1. The molecule has 0 aromatic heterocycles. The lowest BCUT2D eigenvalue weighted by molar-refractivity contribution is -0.220. The summed E-state index contributed by atoms with van der Waals surface area (Å²) < 4.78 is 22.9. The lowest BCUT2D eigenvalue weighted by Crippen LogP contribution is -2.64. The minimum Gasteiger partial charge on any atom is -0.393 e. The number of phosphoric ester groups is 1. The molecule has 13 nitrogen and oxygen atoms in total. The number of aliphatic hydroxyl groups excluding tert-OH is 7.